The van der Waals surface area contributed by atoms with Gasteiger partial charge in [0.15, 0.2) is 0 Å². The largest absolute Gasteiger partial charge is 0.497 e. The number of methoxy groups -OCH3 is 2. The van der Waals surface area contributed by atoms with Gasteiger partial charge in [0.1, 0.15) is 11.5 Å². The smallest absolute Gasteiger partial charge is 0.239 e. The zero-order valence-electron chi connectivity index (χ0n) is 17.5. The number of amides is 1. The van der Waals surface area contributed by atoms with Gasteiger partial charge in [0, 0.05) is 38.8 Å². The summed E-state index contributed by atoms with van der Waals surface area (Å²) < 4.78 is 10.7. The summed E-state index contributed by atoms with van der Waals surface area (Å²) in [5, 5.41) is 0. The number of carbonyl (C=O) groups is 1. The number of carbonyl (C=O) groups excluding carboxylic acids is 1. The van der Waals surface area contributed by atoms with Gasteiger partial charge in [-0.25, -0.2) is 0 Å². The van der Waals surface area contributed by atoms with Gasteiger partial charge in [-0.1, -0.05) is 30.3 Å². The number of nitrogens with zero attached hydrogens (tertiary/aromatic N) is 2. The maximum absolute atomic E-state index is 12.7. The molecule has 2 N–H and O–H groups in total. The van der Waals surface area contributed by atoms with Crippen LogP contribution in [-0.2, 0) is 17.8 Å². The number of piperazine rings is 1. The highest BCUT2D eigenvalue weighted by Gasteiger charge is 2.25. The lowest BCUT2D eigenvalue weighted by molar-refractivity contribution is -0.134. The van der Waals surface area contributed by atoms with Gasteiger partial charge in [-0.15, -0.1) is 24.8 Å². The maximum Gasteiger partial charge on any atom is 0.239 e. The summed E-state index contributed by atoms with van der Waals surface area (Å²) in [5.41, 5.74) is 8.40. The molecule has 0 radical (unpaired) electrons. The molecule has 2 aromatic carbocycles. The second-order valence-electron chi connectivity index (χ2n) is 7.12. The monoisotopic (exact) mass is 455 g/mol. The average molecular weight is 456 g/mol. The Bertz CT molecular complexity index is 762. The van der Waals surface area contributed by atoms with Crippen LogP contribution >= 0.6 is 24.8 Å². The lowest BCUT2D eigenvalue weighted by Crippen LogP contribution is -2.53. The molecule has 1 amide bonds. The zero-order chi connectivity index (χ0) is 19.9. The summed E-state index contributed by atoms with van der Waals surface area (Å²) in [5.74, 6) is 1.61. The first kappa shape index (κ1) is 26.0. The van der Waals surface area contributed by atoms with Crippen molar-refractivity contribution in [2.24, 2.45) is 5.73 Å². The molecule has 0 saturated carbocycles. The molecule has 1 fully saturated rings. The molecule has 3 rings (SSSR count). The Morgan fingerprint density at radius 3 is 2.03 bits per heavy atom. The lowest BCUT2D eigenvalue weighted by atomic mass is 10.1. The van der Waals surface area contributed by atoms with Crippen molar-refractivity contribution >= 4 is 30.7 Å². The number of hydrogen-bond acceptors (Lipinski definition) is 5. The standard InChI is InChI=1S/C22H29N3O3.2ClH/c1-27-19-12-18(13-20(15-19)28-2)16-24-8-10-25(11-9-24)22(26)21(23)14-17-6-4-3-5-7-17;;/h3-7,12-13,15,21H,8-11,14,16,23H2,1-2H3;2*1H. The molecule has 166 valence electrons. The van der Waals surface area contributed by atoms with E-state index in [0.29, 0.717) is 19.5 Å². The minimum atomic E-state index is -0.489. The fourth-order valence-corrected chi connectivity index (χ4v) is 3.53. The maximum atomic E-state index is 12.7. The average Bonchev–Trinajstić information content (AvgIpc) is 2.74. The van der Waals surface area contributed by atoms with E-state index in [1.54, 1.807) is 14.2 Å². The predicted molar refractivity (Wildman–Crippen MR) is 124 cm³/mol. The van der Waals surface area contributed by atoms with Crippen molar-refractivity contribution in [1.82, 2.24) is 9.80 Å². The van der Waals surface area contributed by atoms with Crippen LogP contribution in [0, 0.1) is 0 Å². The van der Waals surface area contributed by atoms with Gasteiger partial charge in [0.25, 0.3) is 0 Å². The third kappa shape index (κ3) is 7.06. The summed E-state index contributed by atoms with van der Waals surface area (Å²) >= 11 is 0. The van der Waals surface area contributed by atoms with E-state index in [4.69, 9.17) is 15.2 Å². The molecular weight excluding hydrogens is 425 g/mol. The molecule has 1 atom stereocenters. The van der Waals surface area contributed by atoms with Crippen molar-refractivity contribution in [2.75, 3.05) is 40.4 Å². The van der Waals surface area contributed by atoms with Gasteiger partial charge in [-0.3, -0.25) is 9.69 Å². The molecule has 0 spiro atoms. The fourth-order valence-electron chi connectivity index (χ4n) is 3.53. The Morgan fingerprint density at radius 2 is 1.50 bits per heavy atom. The fraction of sp³-hybridized carbons (Fsp3) is 0.409. The van der Waals surface area contributed by atoms with E-state index in [1.165, 1.54) is 0 Å². The first-order valence-corrected chi connectivity index (χ1v) is 9.61. The Labute approximate surface area is 191 Å². The third-order valence-corrected chi connectivity index (χ3v) is 5.12. The second kappa shape index (κ2) is 12.6. The van der Waals surface area contributed by atoms with E-state index in [1.807, 2.05) is 53.4 Å². The Balaban J connectivity index is 0.00000225. The number of nitrogens with two attached hydrogens (primary N) is 1. The summed E-state index contributed by atoms with van der Waals surface area (Å²) in [6.07, 6.45) is 0.573. The molecule has 0 aliphatic carbocycles. The van der Waals surface area contributed by atoms with E-state index in [0.717, 1.165) is 42.3 Å². The molecular formula is C22H31Cl2N3O3. The zero-order valence-corrected chi connectivity index (χ0v) is 19.1. The minimum Gasteiger partial charge on any atom is -0.497 e. The van der Waals surface area contributed by atoms with Crippen LogP contribution < -0.4 is 15.2 Å². The summed E-state index contributed by atoms with van der Waals surface area (Å²) in [7, 11) is 3.31. The van der Waals surface area contributed by atoms with Crippen LogP contribution in [0.5, 0.6) is 11.5 Å². The Morgan fingerprint density at radius 1 is 0.933 bits per heavy atom. The van der Waals surface area contributed by atoms with Gasteiger partial charge in [-0.2, -0.15) is 0 Å². The van der Waals surface area contributed by atoms with Crippen molar-refractivity contribution in [3.63, 3.8) is 0 Å². The lowest BCUT2D eigenvalue weighted by Gasteiger charge is -2.36. The van der Waals surface area contributed by atoms with Crippen LogP contribution in [0.4, 0.5) is 0 Å². The van der Waals surface area contributed by atoms with Crippen molar-refractivity contribution in [1.29, 1.82) is 0 Å². The summed E-state index contributed by atoms with van der Waals surface area (Å²) in [6.45, 7) is 3.84. The van der Waals surface area contributed by atoms with Crippen molar-refractivity contribution in [3.05, 3.63) is 59.7 Å². The molecule has 8 heteroatoms. The van der Waals surface area contributed by atoms with E-state index < -0.39 is 6.04 Å². The van der Waals surface area contributed by atoms with Gasteiger partial charge < -0.3 is 20.1 Å². The number of halogens is 2. The number of benzene rings is 2. The number of rotatable bonds is 7. The highest BCUT2D eigenvalue weighted by Crippen LogP contribution is 2.23. The van der Waals surface area contributed by atoms with Crippen molar-refractivity contribution in [3.8, 4) is 11.5 Å². The molecule has 2 aromatic rings. The molecule has 0 aromatic heterocycles. The quantitative estimate of drug-likeness (QED) is 0.694. The van der Waals surface area contributed by atoms with Crippen LogP contribution in [0.3, 0.4) is 0 Å². The SMILES string of the molecule is COc1cc(CN2CCN(C(=O)C(N)Cc3ccccc3)CC2)cc(OC)c1.Cl.Cl. The summed E-state index contributed by atoms with van der Waals surface area (Å²) in [6, 6.07) is 15.4. The molecule has 1 heterocycles. The van der Waals surface area contributed by atoms with Crippen LogP contribution in [0.2, 0.25) is 0 Å². The predicted octanol–water partition coefficient (Wildman–Crippen LogP) is 2.76. The van der Waals surface area contributed by atoms with Gasteiger partial charge in [0.2, 0.25) is 5.91 Å². The first-order chi connectivity index (χ1) is 13.6. The molecule has 1 aliphatic rings. The van der Waals surface area contributed by atoms with Crippen molar-refractivity contribution in [2.45, 2.75) is 19.0 Å². The minimum absolute atomic E-state index is 0. The highest BCUT2D eigenvalue weighted by molar-refractivity contribution is 5.85. The molecule has 0 bridgehead atoms. The van der Waals surface area contributed by atoms with Crippen molar-refractivity contribution < 1.29 is 14.3 Å². The number of hydrogen-bond donors (Lipinski definition) is 1. The van der Waals surface area contributed by atoms with E-state index in [-0.39, 0.29) is 30.7 Å². The van der Waals surface area contributed by atoms with E-state index >= 15 is 0 Å². The van der Waals surface area contributed by atoms with E-state index in [2.05, 4.69) is 4.90 Å². The first-order valence-electron chi connectivity index (χ1n) is 9.61. The molecule has 1 aliphatic heterocycles. The summed E-state index contributed by atoms with van der Waals surface area (Å²) in [4.78, 5) is 16.9. The van der Waals surface area contributed by atoms with Crippen LogP contribution in [0.25, 0.3) is 0 Å². The third-order valence-electron chi connectivity index (χ3n) is 5.12. The Hall–Kier alpha value is -1.99. The number of ether oxygens (including phenoxy) is 2. The molecule has 1 unspecified atom stereocenters. The molecule has 1 saturated heterocycles. The topological polar surface area (TPSA) is 68.0 Å². The van der Waals surface area contributed by atoms with Crippen LogP contribution in [-0.4, -0.2) is 62.1 Å². The van der Waals surface area contributed by atoms with Gasteiger partial charge >= 0.3 is 0 Å². The second-order valence-corrected chi connectivity index (χ2v) is 7.12. The van der Waals surface area contributed by atoms with E-state index in [9.17, 15) is 4.79 Å². The molecule has 30 heavy (non-hydrogen) atoms. The Kier molecular flexibility index (Phi) is 11.0. The van der Waals surface area contributed by atoms with Crippen LogP contribution in [0.15, 0.2) is 48.5 Å². The molecule has 6 nitrogen and oxygen atoms in total. The van der Waals surface area contributed by atoms with Gasteiger partial charge in [-0.05, 0) is 29.7 Å². The van der Waals surface area contributed by atoms with Crippen LogP contribution in [0.1, 0.15) is 11.1 Å². The normalized spacial score (nSPS) is 14.8. The highest BCUT2D eigenvalue weighted by atomic mass is 35.5. The van der Waals surface area contributed by atoms with Gasteiger partial charge in [0.05, 0.1) is 20.3 Å².